The van der Waals surface area contributed by atoms with Crippen molar-refractivity contribution in [1.29, 1.82) is 5.26 Å². The number of aryl methyl sites for hydroxylation is 2. The van der Waals surface area contributed by atoms with E-state index in [1.54, 1.807) is 35.2 Å². The Bertz CT molecular complexity index is 1570. The number of ether oxygens (including phenoxy) is 1. The van der Waals surface area contributed by atoms with Crippen LogP contribution in [0.25, 0.3) is 22.3 Å². The number of nitrogens with zero attached hydrogens (tertiary/aromatic N) is 5. The lowest BCUT2D eigenvalue weighted by Gasteiger charge is -2.13. The smallest absolute Gasteiger partial charge is 0.250 e. The molecule has 5 aromatic rings. The lowest BCUT2D eigenvalue weighted by Crippen LogP contribution is -2.02. The van der Waals surface area contributed by atoms with Crippen molar-refractivity contribution in [1.82, 2.24) is 19.5 Å². The van der Waals surface area contributed by atoms with Crippen LogP contribution < -0.4 is 10.1 Å². The summed E-state index contributed by atoms with van der Waals surface area (Å²) in [6, 6.07) is 20.7. The Labute approximate surface area is 211 Å². The number of fused-ring (bicyclic) bond motifs is 1. The maximum absolute atomic E-state index is 9.01. The number of imidazole rings is 1. The van der Waals surface area contributed by atoms with Gasteiger partial charge in [-0.2, -0.15) is 15.2 Å². The molecule has 1 N–H and O–H groups in total. The number of nitrogens with one attached hydrogen (secondary N) is 1. The third kappa shape index (κ3) is 4.62. The van der Waals surface area contributed by atoms with Gasteiger partial charge in [0.05, 0.1) is 28.0 Å². The first kappa shape index (κ1) is 22.7. The highest BCUT2D eigenvalue weighted by atomic mass is 35.5. The van der Waals surface area contributed by atoms with Gasteiger partial charge in [-0.3, -0.25) is 0 Å². The first-order chi connectivity index (χ1) is 16.9. The second-order valence-corrected chi connectivity index (χ2v) is 8.75. The zero-order valence-electron chi connectivity index (χ0n) is 18.8. The van der Waals surface area contributed by atoms with Crippen molar-refractivity contribution in [3.05, 3.63) is 88.2 Å². The summed E-state index contributed by atoms with van der Waals surface area (Å²) < 4.78 is 7.92. The molecular weight excluding hydrogens is 483 g/mol. The van der Waals surface area contributed by atoms with Crippen molar-refractivity contribution in [3.63, 3.8) is 0 Å². The molecular formula is C26H18Cl2N6O. The fourth-order valence-corrected chi connectivity index (χ4v) is 4.14. The predicted molar refractivity (Wildman–Crippen MR) is 137 cm³/mol. The van der Waals surface area contributed by atoms with Crippen molar-refractivity contribution in [2.24, 2.45) is 7.05 Å². The van der Waals surface area contributed by atoms with Gasteiger partial charge in [0.15, 0.2) is 16.9 Å². The molecule has 0 unspecified atom stereocenters. The molecule has 5 rings (SSSR count). The SMILES string of the molecule is Cc1ccc(-c2cc(Cl)c(Oc3nc(Nc4ccc(C#N)cc4)nc4ncn(C)c34)c(Cl)c2)cc1. The lowest BCUT2D eigenvalue weighted by atomic mass is 10.0. The van der Waals surface area contributed by atoms with Gasteiger partial charge in [-0.05, 0) is 54.4 Å². The maximum Gasteiger partial charge on any atom is 0.250 e. The van der Waals surface area contributed by atoms with Crippen molar-refractivity contribution in [2.75, 3.05) is 5.32 Å². The summed E-state index contributed by atoms with van der Waals surface area (Å²) in [4.78, 5) is 13.4. The number of hydrogen-bond donors (Lipinski definition) is 1. The molecule has 0 spiro atoms. The van der Waals surface area contributed by atoms with E-state index in [0.717, 1.165) is 11.1 Å². The van der Waals surface area contributed by atoms with Crippen LogP contribution in [0.1, 0.15) is 11.1 Å². The number of aromatic nitrogens is 4. The second kappa shape index (κ2) is 9.26. The first-order valence-electron chi connectivity index (χ1n) is 10.6. The number of halogens is 2. The summed E-state index contributed by atoms with van der Waals surface area (Å²) in [6.45, 7) is 2.03. The molecule has 0 aliphatic carbocycles. The van der Waals surface area contributed by atoms with E-state index >= 15 is 0 Å². The van der Waals surface area contributed by atoms with Gasteiger partial charge in [0, 0.05) is 12.7 Å². The average molecular weight is 501 g/mol. The standard InChI is InChI=1S/C26H18Cl2N6O/c1-15-3-7-17(8-4-15)18-11-20(27)23(21(28)12-18)35-25-22-24(30-14-34(22)2)32-26(33-25)31-19-9-5-16(13-29)6-10-19/h3-12,14H,1-2H3,(H,31,32,33). The number of hydrogen-bond acceptors (Lipinski definition) is 6. The molecule has 0 bridgehead atoms. The Hall–Kier alpha value is -4.12. The fourth-order valence-electron chi connectivity index (χ4n) is 3.57. The van der Waals surface area contributed by atoms with E-state index in [1.165, 1.54) is 5.56 Å². The summed E-state index contributed by atoms with van der Waals surface area (Å²) in [7, 11) is 1.82. The Kier molecular flexibility index (Phi) is 6.00. The molecule has 0 fully saturated rings. The summed E-state index contributed by atoms with van der Waals surface area (Å²) in [5, 5.41) is 12.8. The van der Waals surface area contributed by atoms with Gasteiger partial charge in [-0.15, -0.1) is 0 Å². The third-order valence-electron chi connectivity index (χ3n) is 5.39. The van der Waals surface area contributed by atoms with Crippen LogP contribution in [0, 0.1) is 18.3 Å². The van der Waals surface area contributed by atoms with Gasteiger partial charge in [0.1, 0.15) is 0 Å². The molecule has 172 valence electrons. The minimum absolute atomic E-state index is 0.248. The van der Waals surface area contributed by atoms with E-state index in [-0.39, 0.29) is 17.6 Å². The van der Waals surface area contributed by atoms with Gasteiger partial charge < -0.3 is 14.6 Å². The quantitative estimate of drug-likeness (QED) is 0.278. The van der Waals surface area contributed by atoms with Gasteiger partial charge in [0.25, 0.3) is 5.88 Å². The van der Waals surface area contributed by atoms with E-state index < -0.39 is 0 Å². The highest BCUT2D eigenvalue weighted by molar-refractivity contribution is 6.37. The Morgan fingerprint density at radius 3 is 2.29 bits per heavy atom. The van der Waals surface area contributed by atoms with Crippen LogP contribution in [0.3, 0.4) is 0 Å². The van der Waals surface area contributed by atoms with E-state index in [4.69, 9.17) is 33.2 Å². The molecule has 7 nitrogen and oxygen atoms in total. The summed E-state index contributed by atoms with van der Waals surface area (Å²) in [5.74, 6) is 0.812. The number of rotatable bonds is 5. The molecule has 0 saturated heterocycles. The lowest BCUT2D eigenvalue weighted by molar-refractivity contribution is 0.467. The van der Waals surface area contributed by atoms with Gasteiger partial charge in [0.2, 0.25) is 5.95 Å². The monoisotopic (exact) mass is 500 g/mol. The summed E-state index contributed by atoms with van der Waals surface area (Å²) in [5.41, 5.74) is 5.34. The molecule has 2 aromatic heterocycles. The molecule has 0 atom stereocenters. The molecule has 0 saturated carbocycles. The van der Waals surface area contributed by atoms with E-state index in [2.05, 4.69) is 26.3 Å². The Balaban J connectivity index is 1.52. The van der Waals surface area contributed by atoms with Crippen molar-refractivity contribution < 1.29 is 4.74 Å². The Morgan fingerprint density at radius 1 is 0.943 bits per heavy atom. The normalized spacial score (nSPS) is 10.8. The number of nitriles is 1. The zero-order valence-corrected chi connectivity index (χ0v) is 20.3. The largest absolute Gasteiger partial charge is 0.434 e. The van der Waals surface area contributed by atoms with E-state index in [1.807, 2.05) is 50.4 Å². The molecule has 0 radical (unpaired) electrons. The first-order valence-corrected chi connectivity index (χ1v) is 11.4. The van der Waals surface area contributed by atoms with Crippen LogP contribution >= 0.6 is 23.2 Å². The zero-order chi connectivity index (χ0) is 24.5. The van der Waals surface area contributed by atoms with Crippen LogP contribution in [0.2, 0.25) is 10.0 Å². The van der Waals surface area contributed by atoms with Crippen LogP contribution in [-0.2, 0) is 7.05 Å². The molecule has 35 heavy (non-hydrogen) atoms. The molecule has 0 aliphatic rings. The van der Waals surface area contributed by atoms with Crippen LogP contribution in [0.5, 0.6) is 11.6 Å². The van der Waals surface area contributed by atoms with Crippen LogP contribution in [0.15, 0.2) is 67.0 Å². The van der Waals surface area contributed by atoms with Gasteiger partial charge >= 0.3 is 0 Å². The highest BCUT2D eigenvalue weighted by Crippen LogP contribution is 2.41. The minimum Gasteiger partial charge on any atom is -0.434 e. The minimum atomic E-state index is 0.248. The summed E-state index contributed by atoms with van der Waals surface area (Å²) >= 11 is 13.2. The second-order valence-electron chi connectivity index (χ2n) is 7.93. The van der Waals surface area contributed by atoms with Crippen LogP contribution in [-0.4, -0.2) is 19.5 Å². The summed E-state index contributed by atoms with van der Waals surface area (Å²) in [6.07, 6.45) is 1.63. The van der Waals surface area contributed by atoms with Crippen molar-refractivity contribution >= 4 is 46.0 Å². The average Bonchev–Trinajstić information content (AvgIpc) is 3.23. The molecule has 9 heteroatoms. The fraction of sp³-hybridized carbons (Fsp3) is 0.0769. The van der Waals surface area contributed by atoms with E-state index in [0.29, 0.717) is 32.5 Å². The maximum atomic E-state index is 9.01. The molecule has 2 heterocycles. The van der Waals surface area contributed by atoms with Crippen LogP contribution in [0.4, 0.5) is 11.6 Å². The number of benzene rings is 3. The molecule has 0 amide bonds. The highest BCUT2D eigenvalue weighted by Gasteiger charge is 2.18. The molecule has 3 aromatic carbocycles. The van der Waals surface area contributed by atoms with Crippen molar-refractivity contribution in [2.45, 2.75) is 6.92 Å². The third-order valence-corrected chi connectivity index (χ3v) is 5.95. The van der Waals surface area contributed by atoms with E-state index in [9.17, 15) is 0 Å². The predicted octanol–water partition coefficient (Wildman–Crippen LogP) is 7.05. The van der Waals surface area contributed by atoms with Gasteiger partial charge in [-0.1, -0.05) is 53.0 Å². The topological polar surface area (TPSA) is 88.7 Å². The molecule has 0 aliphatic heterocycles. The number of anilines is 2. The van der Waals surface area contributed by atoms with Crippen molar-refractivity contribution in [3.8, 4) is 28.8 Å². The Morgan fingerprint density at radius 2 is 1.63 bits per heavy atom. The van der Waals surface area contributed by atoms with Gasteiger partial charge in [-0.25, -0.2) is 4.98 Å².